The highest BCUT2D eigenvalue weighted by atomic mass is 16.5. The van der Waals surface area contributed by atoms with Gasteiger partial charge in [-0.1, -0.05) is 60.7 Å². The fourth-order valence-electron chi connectivity index (χ4n) is 2.71. The monoisotopic (exact) mass is 311 g/mol. The number of esters is 1. The average molecular weight is 311 g/mol. The molecule has 0 aliphatic heterocycles. The molecule has 0 saturated heterocycles. The predicted molar refractivity (Wildman–Crippen MR) is 93.2 cm³/mol. The number of ether oxygens (including phenoxy) is 1. The number of hydrogen-bond acceptors (Lipinski definition) is 3. The molecule has 0 heterocycles. The van der Waals surface area contributed by atoms with Crippen molar-refractivity contribution in [3.63, 3.8) is 0 Å². The van der Waals surface area contributed by atoms with Crippen LogP contribution >= 0.6 is 0 Å². The Morgan fingerprint density at radius 3 is 2.26 bits per heavy atom. The van der Waals surface area contributed by atoms with E-state index in [-0.39, 0.29) is 18.1 Å². The maximum absolute atomic E-state index is 11.7. The van der Waals surface area contributed by atoms with Crippen molar-refractivity contribution >= 4 is 5.97 Å². The maximum atomic E-state index is 11.7. The van der Waals surface area contributed by atoms with Crippen LogP contribution in [0.3, 0.4) is 0 Å². The molecule has 0 aliphatic rings. The van der Waals surface area contributed by atoms with Crippen LogP contribution in [-0.2, 0) is 16.0 Å². The summed E-state index contributed by atoms with van der Waals surface area (Å²) in [6.07, 6.45) is 2.23. The molecule has 0 amide bonds. The van der Waals surface area contributed by atoms with Crippen LogP contribution in [0.15, 0.2) is 60.7 Å². The SMILES string of the molecule is COC(=O)C[C@@H](CCc1ccccc1)N[C@H](C)c1ccccc1. The number of aryl methyl sites for hydroxylation is 1. The van der Waals surface area contributed by atoms with Crippen LogP contribution in [-0.4, -0.2) is 19.1 Å². The van der Waals surface area contributed by atoms with Crippen molar-refractivity contribution in [2.75, 3.05) is 7.11 Å². The minimum Gasteiger partial charge on any atom is -0.469 e. The lowest BCUT2D eigenvalue weighted by molar-refractivity contribution is -0.141. The minimum absolute atomic E-state index is 0.0952. The highest BCUT2D eigenvalue weighted by Gasteiger charge is 2.17. The van der Waals surface area contributed by atoms with Crippen LogP contribution in [0.1, 0.15) is 36.9 Å². The first-order valence-electron chi connectivity index (χ1n) is 8.10. The first-order chi connectivity index (χ1) is 11.2. The molecule has 2 rings (SSSR count). The van der Waals surface area contributed by atoms with Crippen LogP contribution in [0.4, 0.5) is 0 Å². The average Bonchev–Trinajstić information content (AvgIpc) is 2.61. The molecule has 3 heteroatoms. The summed E-state index contributed by atoms with van der Waals surface area (Å²) in [5, 5.41) is 3.57. The van der Waals surface area contributed by atoms with Crippen LogP contribution in [0.5, 0.6) is 0 Å². The molecule has 0 aromatic heterocycles. The van der Waals surface area contributed by atoms with Crippen molar-refractivity contribution in [3.8, 4) is 0 Å². The van der Waals surface area contributed by atoms with Crippen molar-refractivity contribution in [1.29, 1.82) is 0 Å². The zero-order valence-electron chi connectivity index (χ0n) is 13.9. The Bertz CT molecular complexity index is 583. The van der Waals surface area contributed by atoms with Gasteiger partial charge >= 0.3 is 5.97 Å². The van der Waals surface area contributed by atoms with E-state index in [9.17, 15) is 4.79 Å². The lowest BCUT2D eigenvalue weighted by atomic mass is 10.0. The molecule has 1 N–H and O–H groups in total. The summed E-state index contributed by atoms with van der Waals surface area (Å²) in [5.74, 6) is -0.171. The summed E-state index contributed by atoms with van der Waals surface area (Å²) < 4.78 is 4.84. The Morgan fingerprint density at radius 1 is 1.04 bits per heavy atom. The number of hydrogen-bond donors (Lipinski definition) is 1. The molecule has 3 nitrogen and oxygen atoms in total. The van der Waals surface area contributed by atoms with Crippen molar-refractivity contribution < 1.29 is 9.53 Å². The van der Waals surface area contributed by atoms with Gasteiger partial charge in [-0.15, -0.1) is 0 Å². The second-order valence-corrected chi connectivity index (χ2v) is 5.80. The van der Waals surface area contributed by atoms with E-state index in [1.807, 2.05) is 36.4 Å². The first-order valence-corrected chi connectivity index (χ1v) is 8.10. The number of carbonyl (C=O) groups is 1. The lowest BCUT2D eigenvalue weighted by Crippen LogP contribution is -2.34. The van der Waals surface area contributed by atoms with Gasteiger partial charge in [0.05, 0.1) is 13.5 Å². The molecule has 0 spiro atoms. The van der Waals surface area contributed by atoms with E-state index in [1.54, 1.807) is 0 Å². The second-order valence-electron chi connectivity index (χ2n) is 5.80. The highest BCUT2D eigenvalue weighted by Crippen LogP contribution is 2.16. The summed E-state index contributed by atoms with van der Waals surface area (Å²) in [4.78, 5) is 11.7. The van der Waals surface area contributed by atoms with Crippen LogP contribution in [0, 0.1) is 0 Å². The Hall–Kier alpha value is -2.13. The fraction of sp³-hybridized carbons (Fsp3) is 0.350. The molecule has 122 valence electrons. The molecule has 2 aromatic rings. The first kappa shape index (κ1) is 17.2. The van der Waals surface area contributed by atoms with E-state index in [2.05, 4.69) is 36.5 Å². The Labute approximate surface area is 138 Å². The summed E-state index contributed by atoms with van der Waals surface area (Å²) in [5.41, 5.74) is 2.51. The van der Waals surface area contributed by atoms with Crippen LogP contribution in [0.25, 0.3) is 0 Å². The van der Waals surface area contributed by atoms with Gasteiger partial charge < -0.3 is 10.1 Å². The van der Waals surface area contributed by atoms with Crippen LogP contribution < -0.4 is 5.32 Å². The summed E-state index contributed by atoms with van der Waals surface area (Å²) in [7, 11) is 1.44. The number of carbonyl (C=O) groups excluding carboxylic acids is 1. The third-order valence-electron chi connectivity index (χ3n) is 4.05. The Kier molecular flexibility index (Phi) is 6.82. The molecule has 0 radical (unpaired) electrons. The quantitative estimate of drug-likeness (QED) is 0.751. The molecule has 0 unspecified atom stereocenters. The largest absolute Gasteiger partial charge is 0.469 e. The summed E-state index contributed by atoms with van der Waals surface area (Å²) in [6, 6.07) is 20.9. The van der Waals surface area contributed by atoms with E-state index < -0.39 is 0 Å². The van der Waals surface area contributed by atoms with Crippen molar-refractivity contribution in [2.24, 2.45) is 0 Å². The third-order valence-corrected chi connectivity index (χ3v) is 4.05. The molecule has 2 atom stereocenters. The van der Waals surface area contributed by atoms with E-state index in [1.165, 1.54) is 18.2 Å². The zero-order chi connectivity index (χ0) is 16.5. The smallest absolute Gasteiger partial charge is 0.307 e. The van der Waals surface area contributed by atoms with Gasteiger partial charge in [0.1, 0.15) is 0 Å². The molecule has 0 aliphatic carbocycles. The molecule has 0 saturated carbocycles. The Morgan fingerprint density at radius 2 is 1.65 bits per heavy atom. The third kappa shape index (κ3) is 5.87. The van der Waals surface area contributed by atoms with Gasteiger partial charge in [0, 0.05) is 12.1 Å². The molecular formula is C20H25NO2. The van der Waals surface area contributed by atoms with Gasteiger partial charge in [0.25, 0.3) is 0 Å². The normalized spacial score (nSPS) is 13.3. The van der Waals surface area contributed by atoms with Crippen molar-refractivity contribution in [2.45, 2.75) is 38.3 Å². The number of methoxy groups -OCH3 is 1. The molecular weight excluding hydrogens is 286 g/mol. The van der Waals surface area contributed by atoms with Crippen LogP contribution in [0.2, 0.25) is 0 Å². The van der Waals surface area contributed by atoms with Gasteiger partial charge in [-0.3, -0.25) is 4.79 Å². The summed E-state index contributed by atoms with van der Waals surface area (Å²) >= 11 is 0. The molecule has 23 heavy (non-hydrogen) atoms. The van der Waals surface area contributed by atoms with Gasteiger partial charge in [-0.05, 0) is 30.9 Å². The van der Waals surface area contributed by atoms with Crippen molar-refractivity contribution in [3.05, 3.63) is 71.8 Å². The number of nitrogens with one attached hydrogen (secondary N) is 1. The fourth-order valence-corrected chi connectivity index (χ4v) is 2.71. The van der Waals surface area contributed by atoms with Gasteiger partial charge in [0.2, 0.25) is 0 Å². The minimum atomic E-state index is -0.171. The van der Waals surface area contributed by atoms with Crippen molar-refractivity contribution in [1.82, 2.24) is 5.32 Å². The van der Waals surface area contributed by atoms with E-state index >= 15 is 0 Å². The lowest BCUT2D eigenvalue weighted by Gasteiger charge is -2.23. The molecule has 0 fully saturated rings. The van der Waals surface area contributed by atoms with Gasteiger partial charge in [-0.2, -0.15) is 0 Å². The van der Waals surface area contributed by atoms with E-state index in [0.717, 1.165) is 12.8 Å². The number of benzene rings is 2. The predicted octanol–water partition coefficient (Wildman–Crippen LogP) is 3.90. The van der Waals surface area contributed by atoms with Gasteiger partial charge in [0.15, 0.2) is 0 Å². The molecule has 0 bridgehead atoms. The second kappa shape index (κ2) is 9.11. The standard InChI is InChI=1S/C20H25NO2/c1-16(18-11-7-4-8-12-18)21-19(15-20(22)23-2)14-13-17-9-5-3-6-10-17/h3-12,16,19,21H,13-15H2,1-2H3/t16-,19-/m1/s1. The van der Waals surface area contributed by atoms with Gasteiger partial charge in [-0.25, -0.2) is 0 Å². The summed E-state index contributed by atoms with van der Waals surface area (Å²) in [6.45, 7) is 2.13. The van der Waals surface area contributed by atoms with E-state index in [0.29, 0.717) is 6.42 Å². The topological polar surface area (TPSA) is 38.3 Å². The highest BCUT2D eigenvalue weighted by molar-refractivity contribution is 5.69. The zero-order valence-corrected chi connectivity index (χ0v) is 13.9. The maximum Gasteiger partial charge on any atom is 0.307 e. The van der Waals surface area contributed by atoms with E-state index in [4.69, 9.17) is 4.74 Å². The Balaban J connectivity index is 1.97. The molecule has 2 aromatic carbocycles. The number of rotatable bonds is 8.